The van der Waals surface area contributed by atoms with Crippen molar-refractivity contribution in [2.75, 3.05) is 13.7 Å². The van der Waals surface area contributed by atoms with E-state index in [9.17, 15) is 0 Å². The van der Waals surface area contributed by atoms with Gasteiger partial charge in [0.15, 0.2) is 0 Å². The number of aryl methyl sites for hydroxylation is 1. The van der Waals surface area contributed by atoms with E-state index in [-0.39, 0.29) is 0 Å². The Bertz CT molecular complexity index is 1430. The van der Waals surface area contributed by atoms with Crippen LogP contribution in [-0.2, 0) is 13.1 Å². The highest BCUT2D eigenvalue weighted by atomic mass is 16.5. The summed E-state index contributed by atoms with van der Waals surface area (Å²) in [6, 6.07) is 8.16. The van der Waals surface area contributed by atoms with Crippen LogP contribution in [0.2, 0.25) is 0 Å². The minimum Gasteiger partial charge on any atom is -0.494 e. The maximum atomic E-state index is 6.14. The van der Waals surface area contributed by atoms with Crippen LogP contribution in [0.25, 0.3) is 27.8 Å². The topological polar surface area (TPSA) is 84.3 Å². The molecular formula is C24H25N7O2. The monoisotopic (exact) mass is 443 g/mol. The molecule has 9 heteroatoms. The van der Waals surface area contributed by atoms with Gasteiger partial charge in [0.2, 0.25) is 5.88 Å². The number of rotatable bonds is 8. The molecule has 0 saturated heterocycles. The van der Waals surface area contributed by atoms with Crippen LogP contribution < -0.4 is 9.47 Å². The van der Waals surface area contributed by atoms with Crippen LogP contribution in [0.15, 0.2) is 49.3 Å². The molecule has 168 valence electrons. The first-order valence-electron chi connectivity index (χ1n) is 11.2. The number of pyridine rings is 2. The van der Waals surface area contributed by atoms with E-state index in [4.69, 9.17) is 14.6 Å². The highest BCUT2D eigenvalue weighted by molar-refractivity contribution is 5.91. The summed E-state index contributed by atoms with van der Waals surface area (Å²) in [7, 11) is 1.69. The minimum atomic E-state index is 0.462. The molecule has 0 radical (unpaired) electrons. The molecule has 1 saturated carbocycles. The Kier molecular flexibility index (Phi) is 4.74. The lowest BCUT2D eigenvalue weighted by Gasteiger charge is -2.12. The number of hydrogen-bond acceptors (Lipinski definition) is 6. The molecule has 0 N–H and O–H groups in total. The summed E-state index contributed by atoms with van der Waals surface area (Å²) in [5.74, 6) is 2.13. The molecule has 5 aromatic heterocycles. The smallest absolute Gasteiger partial charge is 0.238 e. The molecule has 5 heterocycles. The fourth-order valence-corrected chi connectivity index (χ4v) is 4.44. The fourth-order valence-electron chi connectivity index (χ4n) is 4.44. The molecular weight excluding hydrogens is 418 g/mol. The molecule has 1 aliphatic carbocycles. The van der Waals surface area contributed by atoms with Gasteiger partial charge in [-0.1, -0.05) is 0 Å². The third-order valence-corrected chi connectivity index (χ3v) is 6.26. The zero-order chi connectivity index (χ0) is 22.4. The summed E-state index contributed by atoms with van der Waals surface area (Å²) >= 11 is 0. The molecule has 1 aliphatic rings. The van der Waals surface area contributed by atoms with Crippen molar-refractivity contribution in [3.05, 3.63) is 54.9 Å². The van der Waals surface area contributed by atoms with Crippen molar-refractivity contribution in [2.45, 2.75) is 32.9 Å². The van der Waals surface area contributed by atoms with Crippen LogP contribution in [0.1, 0.15) is 18.4 Å². The van der Waals surface area contributed by atoms with Crippen molar-refractivity contribution in [3.8, 4) is 23.0 Å². The lowest BCUT2D eigenvalue weighted by atomic mass is 10.1. The molecule has 6 rings (SSSR count). The first-order valence-corrected chi connectivity index (χ1v) is 11.2. The largest absolute Gasteiger partial charge is 0.494 e. The van der Waals surface area contributed by atoms with Gasteiger partial charge < -0.3 is 14.0 Å². The number of hydrogen-bond donors (Lipinski definition) is 0. The number of fused-ring (bicyclic) bond motifs is 2. The third-order valence-electron chi connectivity index (χ3n) is 6.26. The maximum absolute atomic E-state index is 6.14. The van der Waals surface area contributed by atoms with Crippen molar-refractivity contribution in [3.63, 3.8) is 0 Å². The Morgan fingerprint density at radius 2 is 2.09 bits per heavy atom. The lowest BCUT2D eigenvalue weighted by Crippen LogP contribution is -2.10. The summed E-state index contributed by atoms with van der Waals surface area (Å²) in [6.07, 6.45) is 9.48. The number of methoxy groups -OCH3 is 1. The minimum absolute atomic E-state index is 0.462. The first-order chi connectivity index (χ1) is 16.2. The van der Waals surface area contributed by atoms with Gasteiger partial charge >= 0.3 is 0 Å². The summed E-state index contributed by atoms with van der Waals surface area (Å²) in [4.78, 5) is 8.57. The molecule has 0 unspecified atom stereocenters. The second-order valence-corrected chi connectivity index (χ2v) is 8.49. The van der Waals surface area contributed by atoms with Crippen molar-refractivity contribution in [2.24, 2.45) is 5.92 Å². The van der Waals surface area contributed by atoms with Crippen LogP contribution in [0, 0.1) is 12.8 Å². The van der Waals surface area contributed by atoms with Crippen molar-refractivity contribution < 1.29 is 9.47 Å². The van der Waals surface area contributed by atoms with Crippen molar-refractivity contribution >= 4 is 16.4 Å². The number of ether oxygens (including phenoxy) is 2. The Morgan fingerprint density at radius 3 is 2.88 bits per heavy atom. The number of nitrogens with zero attached hydrogens (tertiary/aromatic N) is 7. The molecule has 0 bridgehead atoms. The molecule has 0 atom stereocenters. The molecule has 0 amide bonds. The lowest BCUT2D eigenvalue weighted by molar-refractivity contribution is 0.283. The van der Waals surface area contributed by atoms with Crippen LogP contribution in [0.3, 0.4) is 0 Å². The van der Waals surface area contributed by atoms with Gasteiger partial charge in [-0.2, -0.15) is 10.2 Å². The average molecular weight is 444 g/mol. The van der Waals surface area contributed by atoms with Crippen molar-refractivity contribution in [1.29, 1.82) is 0 Å². The fraction of sp³-hybridized carbons (Fsp3) is 0.333. The van der Waals surface area contributed by atoms with Gasteiger partial charge in [0, 0.05) is 29.9 Å². The predicted octanol–water partition coefficient (Wildman–Crippen LogP) is 3.75. The molecule has 0 aliphatic heterocycles. The molecule has 0 spiro atoms. The zero-order valence-corrected chi connectivity index (χ0v) is 18.7. The van der Waals surface area contributed by atoms with Crippen LogP contribution in [0.4, 0.5) is 0 Å². The predicted molar refractivity (Wildman–Crippen MR) is 123 cm³/mol. The van der Waals surface area contributed by atoms with Crippen LogP contribution in [0.5, 0.6) is 11.6 Å². The Labute approximate surface area is 190 Å². The van der Waals surface area contributed by atoms with E-state index in [1.54, 1.807) is 24.3 Å². The van der Waals surface area contributed by atoms with E-state index in [0.29, 0.717) is 24.9 Å². The van der Waals surface area contributed by atoms with Crippen molar-refractivity contribution in [1.82, 2.24) is 33.9 Å². The molecule has 5 aromatic rings. The Morgan fingerprint density at radius 1 is 1.18 bits per heavy atom. The van der Waals surface area contributed by atoms with E-state index < -0.39 is 0 Å². The van der Waals surface area contributed by atoms with Gasteiger partial charge in [0.25, 0.3) is 0 Å². The highest BCUT2D eigenvalue weighted by Gasteiger charge is 2.27. The second kappa shape index (κ2) is 7.91. The van der Waals surface area contributed by atoms with E-state index in [1.807, 2.05) is 28.9 Å². The highest BCUT2D eigenvalue weighted by Crippen LogP contribution is 2.39. The van der Waals surface area contributed by atoms with Gasteiger partial charge in [-0.15, -0.1) is 0 Å². The summed E-state index contributed by atoms with van der Waals surface area (Å²) < 4.78 is 17.7. The zero-order valence-electron chi connectivity index (χ0n) is 18.7. The molecule has 1 fully saturated rings. The van der Waals surface area contributed by atoms with E-state index >= 15 is 0 Å². The van der Waals surface area contributed by atoms with Crippen LogP contribution in [-0.4, -0.2) is 47.6 Å². The molecule has 33 heavy (non-hydrogen) atoms. The van der Waals surface area contributed by atoms with Gasteiger partial charge in [0.05, 0.1) is 19.3 Å². The second-order valence-electron chi connectivity index (χ2n) is 8.49. The van der Waals surface area contributed by atoms with E-state index in [1.165, 1.54) is 19.2 Å². The van der Waals surface area contributed by atoms with Gasteiger partial charge in [-0.25, -0.2) is 19.2 Å². The SMILES string of the molecule is COc1cccn2nc(-c3cc4ccnc(OCCn5cncn5)c4n3CC3CC3)c(C)c12. The first kappa shape index (κ1) is 19.8. The van der Waals surface area contributed by atoms with Gasteiger partial charge in [-0.3, -0.25) is 0 Å². The Balaban J connectivity index is 1.46. The summed E-state index contributed by atoms with van der Waals surface area (Å²) in [5.41, 5.74) is 5.12. The summed E-state index contributed by atoms with van der Waals surface area (Å²) in [5, 5.41) is 10.2. The van der Waals surface area contributed by atoms with Gasteiger partial charge in [0.1, 0.15) is 41.7 Å². The van der Waals surface area contributed by atoms with Crippen LogP contribution >= 0.6 is 0 Å². The van der Waals surface area contributed by atoms with Gasteiger partial charge in [-0.05, 0) is 49.9 Å². The molecule has 9 nitrogen and oxygen atoms in total. The quantitative estimate of drug-likeness (QED) is 0.363. The van der Waals surface area contributed by atoms with E-state index in [2.05, 4.69) is 32.6 Å². The van der Waals surface area contributed by atoms with E-state index in [0.717, 1.165) is 45.7 Å². The summed E-state index contributed by atoms with van der Waals surface area (Å²) in [6.45, 7) is 4.10. The average Bonchev–Trinajstić information content (AvgIpc) is 3.20. The number of aromatic nitrogens is 7. The normalized spacial score (nSPS) is 13.8. The standard InChI is InChI=1S/C24H25N7O2/c1-16-21(28-31-9-3-4-20(32-2)22(16)31)19-12-18-7-8-26-24(23(18)30(19)13-17-5-6-17)33-11-10-29-15-25-14-27-29/h3-4,7-9,12,14-15,17H,5-6,10-11,13H2,1-2H3. The molecule has 0 aromatic carbocycles. The maximum Gasteiger partial charge on any atom is 0.238 e. The Hall–Kier alpha value is -3.88. The third kappa shape index (κ3) is 3.49.